The van der Waals surface area contributed by atoms with Crippen LogP contribution in [0.1, 0.15) is 37.2 Å². The lowest BCUT2D eigenvalue weighted by Gasteiger charge is -2.24. The summed E-state index contributed by atoms with van der Waals surface area (Å²) in [5, 5.41) is 12.3. The van der Waals surface area contributed by atoms with Crippen LogP contribution >= 0.6 is 11.6 Å². The van der Waals surface area contributed by atoms with Crippen molar-refractivity contribution in [1.29, 1.82) is 5.26 Å². The second kappa shape index (κ2) is 5.65. The highest BCUT2D eigenvalue weighted by molar-refractivity contribution is 6.30. The molecule has 17 heavy (non-hydrogen) atoms. The van der Waals surface area contributed by atoms with Crippen LogP contribution in [-0.2, 0) is 0 Å². The third kappa shape index (κ3) is 3.18. The summed E-state index contributed by atoms with van der Waals surface area (Å²) in [7, 11) is 0. The Labute approximate surface area is 106 Å². The van der Waals surface area contributed by atoms with Crippen molar-refractivity contribution in [2.75, 3.05) is 0 Å². The van der Waals surface area contributed by atoms with Crippen LogP contribution in [0.4, 0.5) is 0 Å². The fourth-order valence-corrected chi connectivity index (χ4v) is 1.52. The molecule has 0 aliphatic heterocycles. The van der Waals surface area contributed by atoms with E-state index in [1.807, 2.05) is 13.8 Å². The number of halogens is 1. The molecule has 0 saturated carbocycles. The van der Waals surface area contributed by atoms with Crippen molar-refractivity contribution in [3.8, 4) is 6.07 Å². The number of amides is 1. The van der Waals surface area contributed by atoms with Crippen LogP contribution in [0.25, 0.3) is 0 Å². The van der Waals surface area contributed by atoms with Crippen molar-refractivity contribution in [1.82, 2.24) is 10.3 Å². The molecular formula is C12H14ClN3O. The predicted molar refractivity (Wildman–Crippen MR) is 65.6 cm³/mol. The fourth-order valence-electron chi connectivity index (χ4n) is 1.40. The smallest absolute Gasteiger partial charge is 0.271 e. The number of nitrogens with zero attached hydrogens (tertiary/aromatic N) is 2. The molecule has 4 nitrogen and oxygen atoms in total. The van der Waals surface area contributed by atoms with Gasteiger partial charge in [0.2, 0.25) is 0 Å². The van der Waals surface area contributed by atoms with Crippen molar-refractivity contribution in [2.24, 2.45) is 0 Å². The maximum absolute atomic E-state index is 11.9. The van der Waals surface area contributed by atoms with E-state index < -0.39 is 5.54 Å². The largest absolute Gasteiger partial charge is 0.332 e. The second-order valence-electron chi connectivity index (χ2n) is 3.72. The van der Waals surface area contributed by atoms with Crippen LogP contribution in [-0.4, -0.2) is 16.4 Å². The standard InChI is InChI=1S/C12H14ClN3O/c1-3-12(4-2,8-14)16-11(17)10-6-5-9(13)7-15-10/h5-7H,3-4H2,1-2H3,(H,16,17). The monoisotopic (exact) mass is 251 g/mol. The first-order valence-corrected chi connectivity index (χ1v) is 5.80. The Morgan fingerprint density at radius 2 is 2.18 bits per heavy atom. The molecule has 5 heteroatoms. The summed E-state index contributed by atoms with van der Waals surface area (Å²) < 4.78 is 0. The molecule has 1 heterocycles. The van der Waals surface area contributed by atoms with Gasteiger partial charge < -0.3 is 5.32 Å². The number of carbonyl (C=O) groups is 1. The van der Waals surface area contributed by atoms with Gasteiger partial charge in [-0.3, -0.25) is 4.79 Å². The number of rotatable bonds is 4. The lowest BCUT2D eigenvalue weighted by molar-refractivity contribution is 0.0910. The van der Waals surface area contributed by atoms with Gasteiger partial charge in [-0.2, -0.15) is 5.26 Å². The Bertz CT molecular complexity index is 432. The molecule has 1 N–H and O–H groups in total. The summed E-state index contributed by atoms with van der Waals surface area (Å²) in [6.45, 7) is 3.73. The Morgan fingerprint density at radius 3 is 2.59 bits per heavy atom. The lowest BCUT2D eigenvalue weighted by Crippen LogP contribution is -2.46. The molecule has 0 aliphatic rings. The number of hydrogen-bond donors (Lipinski definition) is 1. The van der Waals surface area contributed by atoms with E-state index in [0.29, 0.717) is 17.9 Å². The van der Waals surface area contributed by atoms with E-state index in [2.05, 4.69) is 16.4 Å². The van der Waals surface area contributed by atoms with E-state index in [1.165, 1.54) is 12.3 Å². The average Bonchev–Trinajstić information content (AvgIpc) is 2.37. The number of hydrogen-bond acceptors (Lipinski definition) is 3. The van der Waals surface area contributed by atoms with Crippen LogP contribution < -0.4 is 5.32 Å². The Morgan fingerprint density at radius 1 is 1.53 bits per heavy atom. The molecule has 0 spiro atoms. The molecule has 0 unspecified atom stereocenters. The van der Waals surface area contributed by atoms with Crippen molar-refractivity contribution >= 4 is 17.5 Å². The SMILES string of the molecule is CCC(C#N)(CC)NC(=O)c1ccc(Cl)cn1. The molecule has 0 fully saturated rings. The van der Waals surface area contributed by atoms with Crippen LogP contribution in [0.3, 0.4) is 0 Å². The number of nitrogens with one attached hydrogen (secondary N) is 1. The van der Waals surface area contributed by atoms with Crippen molar-refractivity contribution < 1.29 is 4.79 Å². The molecule has 0 radical (unpaired) electrons. The van der Waals surface area contributed by atoms with Crippen molar-refractivity contribution in [3.05, 3.63) is 29.0 Å². The molecule has 1 rings (SSSR count). The first-order chi connectivity index (χ1) is 8.06. The first kappa shape index (κ1) is 13.5. The molecule has 0 bridgehead atoms. The zero-order valence-electron chi connectivity index (χ0n) is 9.83. The molecule has 90 valence electrons. The zero-order valence-corrected chi connectivity index (χ0v) is 10.6. The van der Waals surface area contributed by atoms with Crippen LogP contribution in [0.5, 0.6) is 0 Å². The topological polar surface area (TPSA) is 65.8 Å². The normalized spacial score (nSPS) is 10.7. The van der Waals surface area contributed by atoms with Gasteiger partial charge in [0.1, 0.15) is 11.2 Å². The highest BCUT2D eigenvalue weighted by Crippen LogP contribution is 2.15. The van der Waals surface area contributed by atoms with E-state index in [9.17, 15) is 4.79 Å². The van der Waals surface area contributed by atoms with Crippen molar-refractivity contribution in [2.45, 2.75) is 32.2 Å². The van der Waals surface area contributed by atoms with Gasteiger partial charge in [-0.15, -0.1) is 0 Å². The second-order valence-corrected chi connectivity index (χ2v) is 4.15. The Hall–Kier alpha value is -1.60. The van der Waals surface area contributed by atoms with Crippen molar-refractivity contribution in [3.63, 3.8) is 0 Å². The fraction of sp³-hybridized carbons (Fsp3) is 0.417. The van der Waals surface area contributed by atoms with Crippen LogP contribution in [0.2, 0.25) is 5.02 Å². The minimum Gasteiger partial charge on any atom is -0.332 e. The average molecular weight is 252 g/mol. The first-order valence-electron chi connectivity index (χ1n) is 5.42. The predicted octanol–water partition coefficient (Wildman–Crippen LogP) is 2.55. The molecule has 0 saturated heterocycles. The van der Waals surface area contributed by atoms with Gasteiger partial charge in [-0.1, -0.05) is 25.4 Å². The Kier molecular flexibility index (Phi) is 4.47. The molecule has 0 aliphatic carbocycles. The number of nitriles is 1. The number of carbonyl (C=O) groups excluding carboxylic acids is 1. The minimum absolute atomic E-state index is 0.260. The maximum atomic E-state index is 11.9. The van der Waals surface area contributed by atoms with Gasteiger partial charge in [0, 0.05) is 6.20 Å². The minimum atomic E-state index is -0.821. The van der Waals surface area contributed by atoms with Gasteiger partial charge in [-0.25, -0.2) is 4.98 Å². The lowest BCUT2D eigenvalue weighted by atomic mass is 9.94. The molecular weight excluding hydrogens is 238 g/mol. The summed E-state index contributed by atoms with van der Waals surface area (Å²) >= 11 is 5.68. The summed E-state index contributed by atoms with van der Waals surface area (Å²) in [6.07, 6.45) is 2.51. The molecule has 0 aromatic carbocycles. The summed E-state index contributed by atoms with van der Waals surface area (Å²) in [4.78, 5) is 15.8. The maximum Gasteiger partial charge on any atom is 0.271 e. The van der Waals surface area contributed by atoms with E-state index in [1.54, 1.807) is 6.07 Å². The van der Waals surface area contributed by atoms with E-state index in [4.69, 9.17) is 16.9 Å². The Balaban J connectivity index is 2.85. The highest BCUT2D eigenvalue weighted by atomic mass is 35.5. The van der Waals surface area contributed by atoms with E-state index in [-0.39, 0.29) is 11.6 Å². The quantitative estimate of drug-likeness (QED) is 0.894. The molecule has 0 atom stereocenters. The summed E-state index contributed by atoms with van der Waals surface area (Å²) in [5.41, 5.74) is -0.561. The number of pyridine rings is 1. The third-order valence-electron chi connectivity index (χ3n) is 2.73. The van der Waals surface area contributed by atoms with Gasteiger partial charge >= 0.3 is 0 Å². The summed E-state index contributed by atoms with van der Waals surface area (Å²) in [6, 6.07) is 5.27. The van der Waals surface area contributed by atoms with Crippen LogP contribution in [0, 0.1) is 11.3 Å². The van der Waals surface area contributed by atoms with E-state index >= 15 is 0 Å². The highest BCUT2D eigenvalue weighted by Gasteiger charge is 2.28. The molecule has 1 aromatic heterocycles. The zero-order chi connectivity index (χ0) is 12.9. The summed E-state index contributed by atoms with van der Waals surface area (Å²) in [5.74, 6) is -0.355. The van der Waals surface area contributed by atoms with Gasteiger partial charge in [-0.05, 0) is 25.0 Å². The van der Waals surface area contributed by atoms with Gasteiger partial charge in [0.15, 0.2) is 0 Å². The van der Waals surface area contributed by atoms with Crippen LogP contribution in [0.15, 0.2) is 18.3 Å². The number of aromatic nitrogens is 1. The van der Waals surface area contributed by atoms with E-state index in [0.717, 1.165) is 0 Å². The third-order valence-corrected chi connectivity index (χ3v) is 2.96. The molecule has 1 aromatic rings. The van der Waals surface area contributed by atoms with Gasteiger partial charge in [0.05, 0.1) is 11.1 Å². The van der Waals surface area contributed by atoms with Gasteiger partial charge in [0.25, 0.3) is 5.91 Å². The molecule has 1 amide bonds.